The van der Waals surface area contributed by atoms with Crippen molar-refractivity contribution in [3.05, 3.63) is 35.4 Å². The number of methoxy groups -OCH3 is 1. The zero-order valence-corrected chi connectivity index (χ0v) is 10.5. The zero-order chi connectivity index (χ0) is 11.9. The van der Waals surface area contributed by atoms with E-state index in [0.717, 1.165) is 19.4 Å². The van der Waals surface area contributed by atoms with Crippen LogP contribution in [0.5, 0.6) is 0 Å². The molecule has 0 aliphatic heterocycles. The van der Waals surface area contributed by atoms with Gasteiger partial charge in [-0.2, -0.15) is 0 Å². The van der Waals surface area contributed by atoms with Crippen molar-refractivity contribution in [2.75, 3.05) is 13.7 Å². The third-order valence-electron chi connectivity index (χ3n) is 4.59. The zero-order valence-electron chi connectivity index (χ0n) is 10.5. The average Bonchev–Trinajstić information content (AvgIpc) is 3.08. The second kappa shape index (κ2) is 3.82. The molecular weight excluding hydrogens is 210 g/mol. The van der Waals surface area contributed by atoms with E-state index in [4.69, 9.17) is 10.5 Å². The molecule has 0 spiro atoms. The Balaban J connectivity index is 1.81. The molecule has 2 heteroatoms. The SMILES string of the molecule is COCC1(c2ccc(C3(N)CCC3)cc2)CC1. The first-order chi connectivity index (χ1) is 8.19. The van der Waals surface area contributed by atoms with Crippen LogP contribution in [0.15, 0.2) is 24.3 Å². The monoisotopic (exact) mass is 231 g/mol. The summed E-state index contributed by atoms with van der Waals surface area (Å²) in [7, 11) is 1.79. The Bertz CT molecular complexity index is 401. The summed E-state index contributed by atoms with van der Waals surface area (Å²) >= 11 is 0. The maximum absolute atomic E-state index is 6.33. The molecule has 0 radical (unpaired) electrons. The molecule has 3 rings (SSSR count). The van der Waals surface area contributed by atoms with Crippen LogP contribution in [0.4, 0.5) is 0 Å². The minimum atomic E-state index is -0.0312. The molecule has 2 saturated carbocycles. The van der Waals surface area contributed by atoms with Crippen molar-refractivity contribution >= 4 is 0 Å². The molecule has 0 amide bonds. The molecule has 0 saturated heterocycles. The van der Waals surface area contributed by atoms with E-state index < -0.39 is 0 Å². The molecular formula is C15H21NO. The van der Waals surface area contributed by atoms with Crippen LogP contribution in [-0.4, -0.2) is 13.7 Å². The van der Waals surface area contributed by atoms with Gasteiger partial charge >= 0.3 is 0 Å². The highest BCUT2D eigenvalue weighted by molar-refractivity contribution is 5.37. The average molecular weight is 231 g/mol. The lowest BCUT2D eigenvalue weighted by Gasteiger charge is -2.38. The van der Waals surface area contributed by atoms with E-state index in [-0.39, 0.29) is 5.54 Å². The molecule has 2 N–H and O–H groups in total. The van der Waals surface area contributed by atoms with Gasteiger partial charge in [-0.05, 0) is 43.2 Å². The topological polar surface area (TPSA) is 35.2 Å². The molecule has 0 heterocycles. The Morgan fingerprint density at radius 2 is 1.65 bits per heavy atom. The number of ether oxygens (including phenoxy) is 1. The van der Waals surface area contributed by atoms with Crippen LogP contribution >= 0.6 is 0 Å². The summed E-state index contributed by atoms with van der Waals surface area (Å²) in [6.45, 7) is 0.847. The number of benzene rings is 1. The summed E-state index contributed by atoms with van der Waals surface area (Å²) in [6.07, 6.45) is 6.05. The van der Waals surface area contributed by atoms with Crippen molar-refractivity contribution in [3.63, 3.8) is 0 Å². The molecule has 17 heavy (non-hydrogen) atoms. The fourth-order valence-electron chi connectivity index (χ4n) is 2.95. The van der Waals surface area contributed by atoms with Gasteiger partial charge in [-0.25, -0.2) is 0 Å². The number of hydrogen-bond acceptors (Lipinski definition) is 2. The van der Waals surface area contributed by atoms with Gasteiger partial charge in [0.25, 0.3) is 0 Å². The van der Waals surface area contributed by atoms with Gasteiger partial charge in [0.05, 0.1) is 6.61 Å². The standard InChI is InChI=1S/C15H21NO/c1-17-11-14(9-10-14)12-3-5-13(6-4-12)15(16)7-2-8-15/h3-6H,2,7-11,16H2,1H3. The predicted molar refractivity (Wildman–Crippen MR) is 68.9 cm³/mol. The van der Waals surface area contributed by atoms with E-state index in [1.54, 1.807) is 7.11 Å². The normalized spacial score (nSPS) is 24.1. The minimum Gasteiger partial charge on any atom is -0.384 e. The van der Waals surface area contributed by atoms with Gasteiger partial charge in [-0.15, -0.1) is 0 Å². The Kier molecular flexibility index (Phi) is 2.53. The Morgan fingerprint density at radius 1 is 1.06 bits per heavy atom. The Morgan fingerprint density at radius 3 is 2.06 bits per heavy atom. The van der Waals surface area contributed by atoms with Crippen molar-refractivity contribution in [1.29, 1.82) is 0 Å². The van der Waals surface area contributed by atoms with E-state index in [2.05, 4.69) is 24.3 Å². The maximum Gasteiger partial charge on any atom is 0.0559 e. The van der Waals surface area contributed by atoms with Crippen LogP contribution in [0.3, 0.4) is 0 Å². The summed E-state index contributed by atoms with van der Waals surface area (Å²) < 4.78 is 5.33. The third-order valence-corrected chi connectivity index (χ3v) is 4.59. The quantitative estimate of drug-likeness (QED) is 0.864. The van der Waals surface area contributed by atoms with E-state index >= 15 is 0 Å². The van der Waals surface area contributed by atoms with Crippen molar-refractivity contribution in [3.8, 4) is 0 Å². The van der Waals surface area contributed by atoms with Crippen LogP contribution in [0.2, 0.25) is 0 Å². The summed E-state index contributed by atoms with van der Waals surface area (Å²) in [4.78, 5) is 0. The number of nitrogens with two attached hydrogens (primary N) is 1. The van der Waals surface area contributed by atoms with Crippen molar-refractivity contribution in [1.82, 2.24) is 0 Å². The molecule has 0 atom stereocenters. The molecule has 2 aliphatic rings. The number of hydrogen-bond donors (Lipinski definition) is 1. The highest BCUT2D eigenvalue weighted by atomic mass is 16.5. The molecule has 92 valence electrons. The molecule has 2 nitrogen and oxygen atoms in total. The van der Waals surface area contributed by atoms with Crippen LogP contribution in [0, 0.1) is 0 Å². The fraction of sp³-hybridized carbons (Fsp3) is 0.600. The lowest BCUT2D eigenvalue weighted by Crippen LogP contribution is -2.43. The minimum absolute atomic E-state index is 0.0312. The van der Waals surface area contributed by atoms with E-state index in [1.165, 1.54) is 30.4 Å². The van der Waals surface area contributed by atoms with Gasteiger partial charge in [0.1, 0.15) is 0 Å². The molecule has 2 fully saturated rings. The second-order valence-corrected chi connectivity index (χ2v) is 5.80. The molecule has 1 aromatic carbocycles. The third kappa shape index (κ3) is 1.80. The van der Waals surface area contributed by atoms with E-state index in [0.29, 0.717) is 5.41 Å². The summed E-state index contributed by atoms with van der Waals surface area (Å²) in [5.41, 5.74) is 9.34. The van der Waals surface area contributed by atoms with Crippen LogP contribution in [-0.2, 0) is 15.7 Å². The van der Waals surface area contributed by atoms with E-state index in [1.807, 2.05) is 0 Å². The van der Waals surface area contributed by atoms with Gasteiger partial charge in [-0.3, -0.25) is 0 Å². The predicted octanol–water partition coefficient (Wildman–Crippen LogP) is 2.70. The van der Waals surface area contributed by atoms with Crippen molar-refractivity contribution < 1.29 is 4.74 Å². The van der Waals surface area contributed by atoms with Gasteiger partial charge in [0.2, 0.25) is 0 Å². The largest absolute Gasteiger partial charge is 0.384 e. The molecule has 1 aromatic rings. The van der Waals surface area contributed by atoms with Crippen LogP contribution in [0.25, 0.3) is 0 Å². The molecule has 2 aliphatic carbocycles. The summed E-state index contributed by atoms with van der Waals surface area (Å²) in [5, 5.41) is 0. The first kappa shape index (κ1) is 11.2. The maximum atomic E-state index is 6.33. The van der Waals surface area contributed by atoms with Gasteiger partial charge < -0.3 is 10.5 Å². The Hall–Kier alpha value is -0.860. The van der Waals surface area contributed by atoms with Gasteiger partial charge in [0, 0.05) is 18.1 Å². The van der Waals surface area contributed by atoms with Gasteiger partial charge in [0.15, 0.2) is 0 Å². The van der Waals surface area contributed by atoms with E-state index in [9.17, 15) is 0 Å². The number of rotatable bonds is 4. The molecule has 0 bridgehead atoms. The van der Waals surface area contributed by atoms with Crippen LogP contribution in [0.1, 0.15) is 43.2 Å². The summed E-state index contributed by atoms with van der Waals surface area (Å²) in [6, 6.07) is 8.97. The van der Waals surface area contributed by atoms with Gasteiger partial charge in [-0.1, -0.05) is 24.3 Å². The summed E-state index contributed by atoms with van der Waals surface area (Å²) in [5.74, 6) is 0. The Labute approximate surface area is 103 Å². The first-order valence-corrected chi connectivity index (χ1v) is 6.57. The highest BCUT2D eigenvalue weighted by Crippen LogP contribution is 2.49. The lowest BCUT2D eigenvalue weighted by molar-refractivity contribution is 0.171. The molecule has 0 unspecified atom stereocenters. The lowest BCUT2D eigenvalue weighted by atomic mass is 9.72. The highest BCUT2D eigenvalue weighted by Gasteiger charge is 2.44. The first-order valence-electron chi connectivity index (χ1n) is 6.57. The molecule has 0 aromatic heterocycles. The van der Waals surface area contributed by atoms with Crippen molar-refractivity contribution in [2.45, 2.75) is 43.1 Å². The van der Waals surface area contributed by atoms with Crippen molar-refractivity contribution in [2.24, 2.45) is 5.73 Å². The fourth-order valence-corrected chi connectivity index (χ4v) is 2.95. The van der Waals surface area contributed by atoms with Crippen LogP contribution < -0.4 is 5.73 Å². The second-order valence-electron chi connectivity index (χ2n) is 5.80. The smallest absolute Gasteiger partial charge is 0.0559 e.